The summed E-state index contributed by atoms with van der Waals surface area (Å²) >= 11 is 0. The molecular formula is C13H18FNO4S. The maximum Gasteiger partial charge on any atom is 0.215 e. The molecule has 7 heteroatoms. The Morgan fingerprint density at radius 3 is 2.50 bits per heavy atom. The van der Waals surface area contributed by atoms with Crippen molar-refractivity contribution in [2.24, 2.45) is 0 Å². The normalized spacial score (nSPS) is 17.2. The molecule has 20 heavy (non-hydrogen) atoms. The molecule has 0 aliphatic carbocycles. The molecule has 1 fully saturated rings. The van der Waals surface area contributed by atoms with Gasteiger partial charge in [0.25, 0.3) is 0 Å². The number of sulfonamides is 1. The van der Waals surface area contributed by atoms with Crippen molar-refractivity contribution in [1.82, 2.24) is 4.72 Å². The van der Waals surface area contributed by atoms with Crippen LogP contribution in [0.1, 0.15) is 18.4 Å². The van der Waals surface area contributed by atoms with Crippen LogP contribution >= 0.6 is 0 Å². The summed E-state index contributed by atoms with van der Waals surface area (Å²) in [6.07, 6.45) is 1.01. The van der Waals surface area contributed by atoms with Gasteiger partial charge in [0.15, 0.2) is 6.29 Å². The van der Waals surface area contributed by atoms with Crippen LogP contribution in [0.25, 0.3) is 0 Å². The van der Waals surface area contributed by atoms with E-state index in [1.54, 1.807) is 0 Å². The van der Waals surface area contributed by atoms with E-state index in [4.69, 9.17) is 9.47 Å². The van der Waals surface area contributed by atoms with Gasteiger partial charge >= 0.3 is 0 Å². The molecule has 0 saturated carbocycles. The van der Waals surface area contributed by atoms with Crippen LogP contribution in [0.5, 0.6) is 0 Å². The second-order valence-corrected chi connectivity index (χ2v) is 6.40. The molecule has 1 aromatic carbocycles. The summed E-state index contributed by atoms with van der Waals surface area (Å²) in [6.45, 7) is 1.55. The molecule has 1 N–H and O–H groups in total. The first-order chi connectivity index (χ1) is 9.55. The topological polar surface area (TPSA) is 64.6 Å². The van der Waals surface area contributed by atoms with Gasteiger partial charge in [0.05, 0.1) is 19.0 Å². The smallest absolute Gasteiger partial charge is 0.215 e. The van der Waals surface area contributed by atoms with Gasteiger partial charge in [0, 0.05) is 13.0 Å². The summed E-state index contributed by atoms with van der Waals surface area (Å²) in [5, 5.41) is 0. The Labute approximate surface area is 118 Å². The van der Waals surface area contributed by atoms with Crippen molar-refractivity contribution in [3.05, 3.63) is 35.6 Å². The Bertz CT molecular complexity index is 512. The SMILES string of the molecule is O=S(=O)(Cc1ccc(F)cc1)NCCC1OCCCO1. The Morgan fingerprint density at radius 2 is 1.85 bits per heavy atom. The zero-order valence-electron chi connectivity index (χ0n) is 11.0. The summed E-state index contributed by atoms with van der Waals surface area (Å²) < 4.78 is 49.6. The molecule has 1 aliphatic rings. The average molecular weight is 303 g/mol. The van der Waals surface area contributed by atoms with Gasteiger partial charge in [-0.05, 0) is 24.1 Å². The molecule has 1 saturated heterocycles. The van der Waals surface area contributed by atoms with E-state index in [9.17, 15) is 12.8 Å². The van der Waals surface area contributed by atoms with E-state index < -0.39 is 10.0 Å². The van der Waals surface area contributed by atoms with Crippen LogP contribution in [0, 0.1) is 5.82 Å². The van der Waals surface area contributed by atoms with Crippen LogP contribution in [0.3, 0.4) is 0 Å². The maximum atomic E-state index is 12.7. The number of hydrogen-bond donors (Lipinski definition) is 1. The lowest BCUT2D eigenvalue weighted by atomic mass is 10.2. The minimum absolute atomic E-state index is 0.167. The summed E-state index contributed by atoms with van der Waals surface area (Å²) in [6, 6.07) is 5.41. The number of hydrogen-bond acceptors (Lipinski definition) is 4. The van der Waals surface area contributed by atoms with E-state index in [1.807, 2.05) is 0 Å². The highest BCUT2D eigenvalue weighted by atomic mass is 32.2. The lowest BCUT2D eigenvalue weighted by Crippen LogP contribution is -2.32. The third-order valence-electron chi connectivity index (χ3n) is 2.87. The molecule has 112 valence electrons. The minimum Gasteiger partial charge on any atom is -0.353 e. The Morgan fingerprint density at radius 1 is 1.20 bits per heavy atom. The van der Waals surface area contributed by atoms with E-state index in [0.717, 1.165) is 6.42 Å². The van der Waals surface area contributed by atoms with E-state index >= 15 is 0 Å². The first kappa shape index (κ1) is 15.4. The quantitative estimate of drug-likeness (QED) is 0.863. The predicted molar refractivity (Wildman–Crippen MR) is 72.0 cm³/mol. The van der Waals surface area contributed by atoms with Gasteiger partial charge in [0.1, 0.15) is 5.82 Å². The molecule has 1 aromatic rings. The molecule has 0 spiro atoms. The van der Waals surface area contributed by atoms with Gasteiger partial charge in [-0.15, -0.1) is 0 Å². The fourth-order valence-electron chi connectivity index (χ4n) is 1.89. The molecule has 5 nitrogen and oxygen atoms in total. The zero-order valence-corrected chi connectivity index (χ0v) is 11.9. The van der Waals surface area contributed by atoms with Crippen LogP contribution < -0.4 is 4.72 Å². The van der Waals surface area contributed by atoms with Crippen molar-refractivity contribution in [1.29, 1.82) is 0 Å². The van der Waals surface area contributed by atoms with E-state index in [0.29, 0.717) is 25.2 Å². The molecule has 0 unspecified atom stereocenters. The van der Waals surface area contributed by atoms with Crippen molar-refractivity contribution < 1.29 is 22.3 Å². The molecule has 2 rings (SSSR count). The van der Waals surface area contributed by atoms with Gasteiger partial charge in [-0.2, -0.15) is 0 Å². The molecule has 0 amide bonds. The molecule has 0 aromatic heterocycles. The second-order valence-electron chi connectivity index (χ2n) is 4.59. The van der Waals surface area contributed by atoms with Crippen molar-refractivity contribution in [3.8, 4) is 0 Å². The summed E-state index contributed by atoms with van der Waals surface area (Å²) in [7, 11) is -3.43. The first-order valence-electron chi connectivity index (χ1n) is 6.50. The second kappa shape index (κ2) is 7.12. The fraction of sp³-hybridized carbons (Fsp3) is 0.538. The third kappa shape index (κ3) is 5.16. The van der Waals surface area contributed by atoms with Gasteiger partial charge < -0.3 is 9.47 Å². The third-order valence-corrected chi connectivity index (χ3v) is 4.23. The lowest BCUT2D eigenvalue weighted by molar-refractivity contribution is -0.180. The van der Waals surface area contributed by atoms with Crippen molar-refractivity contribution in [2.75, 3.05) is 19.8 Å². The van der Waals surface area contributed by atoms with Crippen LogP contribution in [0.4, 0.5) is 4.39 Å². The molecule has 1 heterocycles. The van der Waals surface area contributed by atoms with Gasteiger partial charge in [-0.3, -0.25) is 0 Å². The number of benzene rings is 1. The molecule has 0 bridgehead atoms. The highest BCUT2D eigenvalue weighted by Crippen LogP contribution is 2.09. The Kier molecular flexibility index (Phi) is 5.47. The van der Waals surface area contributed by atoms with E-state index in [1.165, 1.54) is 24.3 Å². The van der Waals surface area contributed by atoms with E-state index in [2.05, 4.69) is 4.72 Å². The molecule has 1 aliphatic heterocycles. The van der Waals surface area contributed by atoms with Crippen molar-refractivity contribution >= 4 is 10.0 Å². The fourth-order valence-corrected chi connectivity index (χ4v) is 3.05. The van der Waals surface area contributed by atoms with Crippen molar-refractivity contribution in [3.63, 3.8) is 0 Å². The number of halogens is 1. The Hall–Kier alpha value is -1.02. The largest absolute Gasteiger partial charge is 0.353 e. The van der Waals surface area contributed by atoms with Gasteiger partial charge in [0.2, 0.25) is 10.0 Å². The predicted octanol–water partition coefficient (Wildman–Crippen LogP) is 1.40. The van der Waals surface area contributed by atoms with Crippen molar-refractivity contribution in [2.45, 2.75) is 24.9 Å². The Balaban J connectivity index is 1.77. The van der Waals surface area contributed by atoms with Crippen LogP contribution in [-0.4, -0.2) is 34.5 Å². The highest BCUT2D eigenvalue weighted by molar-refractivity contribution is 7.88. The minimum atomic E-state index is -3.43. The molecule has 0 atom stereocenters. The highest BCUT2D eigenvalue weighted by Gasteiger charge is 2.16. The standard InChI is InChI=1S/C13H18FNO4S/c14-12-4-2-11(3-5-12)10-20(16,17)15-7-6-13-18-8-1-9-19-13/h2-5,13,15H,1,6-10H2. The lowest BCUT2D eigenvalue weighted by Gasteiger charge is -2.23. The molecular weight excluding hydrogens is 285 g/mol. The first-order valence-corrected chi connectivity index (χ1v) is 8.15. The van der Waals surface area contributed by atoms with Gasteiger partial charge in [-0.25, -0.2) is 17.5 Å². The van der Waals surface area contributed by atoms with Crippen LogP contribution in [-0.2, 0) is 25.2 Å². The number of ether oxygens (including phenoxy) is 2. The van der Waals surface area contributed by atoms with Crippen LogP contribution in [0.2, 0.25) is 0 Å². The average Bonchev–Trinajstić information content (AvgIpc) is 2.42. The summed E-state index contributed by atoms with van der Waals surface area (Å²) in [5.41, 5.74) is 0.545. The number of rotatable bonds is 6. The van der Waals surface area contributed by atoms with Crippen LogP contribution in [0.15, 0.2) is 24.3 Å². The monoisotopic (exact) mass is 303 g/mol. The number of nitrogens with one attached hydrogen (secondary N) is 1. The maximum absolute atomic E-state index is 12.7. The van der Waals surface area contributed by atoms with E-state index in [-0.39, 0.29) is 24.4 Å². The zero-order chi connectivity index (χ0) is 14.4. The molecule has 0 radical (unpaired) electrons. The van der Waals surface area contributed by atoms with Gasteiger partial charge in [-0.1, -0.05) is 12.1 Å². The summed E-state index contributed by atoms with van der Waals surface area (Å²) in [5.74, 6) is -0.551. The summed E-state index contributed by atoms with van der Waals surface area (Å²) in [4.78, 5) is 0.